The maximum absolute atomic E-state index is 8.53. The van der Waals surface area contributed by atoms with Crippen molar-refractivity contribution in [2.75, 3.05) is 0 Å². The van der Waals surface area contributed by atoms with Crippen LogP contribution in [0.2, 0.25) is 0 Å². The summed E-state index contributed by atoms with van der Waals surface area (Å²) in [6.07, 6.45) is 0. The molecule has 0 unspecified atom stereocenters. The molecule has 0 aliphatic rings. The van der Waals surface area contributed by atoms with Crippen LogP contribution >= 0.6 is 0 Å². The molecule has 0 saturated heterocycles. The quantitative estimate of drug-likeness (QED) is 0.348. The maximum atomic E-state index is 8.53. The van der Waals surface area contributed by atoms with Gasteiger partial charge in [0.2, 0.25) is 0 Å². The van der Waals surface area contributed by atoms with Crippen LogP contribution in [-0.2, 0) is 19.5 Å². The van der Waals surface area contributed by atoms with Crippen molar-refractivity contribution in [3.05, 3.63) is 0 Å². The molecular formula is H3BO4Zn. The molecule has 0 aromatic rings. The Hall–Kier alpha value is 0.528. The average Bonchev–Trinajstić information content (AvgIpc) is 0.811. The topological polar surface area (TPSA) is 97.9 Å². The minimum atomic E-state index is -2.67. The summed E-state index contributed by atoms with van der Waals surface area (Å²) in [4.78, 5) is 0. The molecular weight excluding hydrogens is 140 g/mol. The van der Waals surface area contributed by atoms with Gasteiger partial charge < -0.3 is 20.5 Å². The van der Waals surface area contributed by atoms with Crippen LogP contribution in [-0.4, -0.2) is 17.8 Å². The Balaban J connectivity index is -0.0000000450. The second-order valence-corrected chi connectivity index (χ2v) is 0.307. The van der Waals surface area contributed by atoms with E-state index < -0.39 is 7.32 Å². The van der Waals surface area contributed by atoms with Crippen LogP contribution in [0.25, 0.3) is 0 Å². The fourth-order valence-corrected chi connectivity index (χ4v) is 0. The molecule has 0 atom stereocenters. The number of hydrogen-bond acceptors (Lipinski definition) is 3. The minimum Gasteiger partial charge on any atom is -0.871 e. The third-order valence-corrected chi connectivity index (χ3v) is 0. The Morgan fingerprint density at radius 3 is 1.33 bits per heavy atom. The monoisotopic (exact) mass is 142 g/mol. The molecule has 0 fully saturated rings. The van der Waals surface area contributed by atoms with Gasteiger partial charge in [-0.2, -0.15) is 0 Å². The molecule has 0 spiro atoms. The maximum Gasteiger partial charge on any atom is 2.00 e. The molecule has 0 aromatic heterocycles. The van der Waals surface area contributed by atoms with Gasteiger partial charge in [0, 0.05) is 0 Å². The first-order valence-corrected chi connectivity index (χ1v) is 0.730. The molecule has 4 nitrogen and oxygen atoms in total. The summed E-state index contributed by atoms with van der Waals surface area (Å²) < 4.78 is 0. The Morgan fingerprint density at radius 2 is 1.33 bits per heavy atom. The van der Waals surface area contributed by atoms with E-state index in [0.717, 1.165) is 0 Å². The van der Waals surface area contributed by atoms with E-state index in [9.17, 15) is 0 Å². The summed E-state index contributed by atoms with van der Waals surface area (Å²) in [6.45, 7) is 0. The summed E-state index contributed by atoms with van der Waals surface area (Å²) in [7, 11) is -2.67. The van der Waals surface area contributed by atoms with Crippen LogP contribution in [0, 0.1) is 0 Å². The first-order valence-electron chi connectivity index (χ1n) is 0.730. The van der Waals surface area contributed by atoms with Crippen molar-refractivity contribution in [1.82, 2.24) is 0 Å². The van der Waals surface area contributed by atoms with Gasteiger partial charge in [0.05, 0.1) is 7.32 Å². The van der Waals surface area contributed by atoms with Gasteiger partial charge in [-0.3, -0.25) is 0 Å². The Bertz CT molecular complexity index is 12.3. The van der Waals surface area contributed by atoms with Gasteiger partial charge in [-0.25, -0.2) is 0 Å². The van der Waals surface area contributed by atoms with Gasteiger partial charge in [-0.1, -0.05) is 0 Å². The van der Waals surface area contributed by atoms with Gasteiger partial charge in [0.1, 0.15) is 0 Å². The summed E-state index contributed by atoms with van der Waals surface area (Å²) in [5.41, 5.74) is 0. The van der Waals surface area contributed by atoms with Gasteiger partial charge in [0.25, 0.3) is 0 Å². The van der Waals surface area contributed by atoms with Crippen molar-refractivity contribution in [3.8, 4) is 0 Å². The molecule has 0 aromatic carbocycles. The third-order valence-electron chi connectivity index (χ3n) is 0. The molecule has 0 rings (SSSR count). The van der Waals surface area contributed by atoms with Crippen molar-refractivity contribution in [3.63, 3.8) is 0 Å². The number of hydrogen-bond donors (Lipinski definition) is 1. The smallest absolute Gasteiger partial charge is 0.871 e. The molecule has 3 N–H and O–H groups in total. The molecule has 0 heterocycles. The molecule has 0 saturated carbocycles. The number of rotatable bonds is 0. The van der Waals surface area contributed by atoms with Crippen LogP contribution in [0.4, 0.5) is 0 Å². The average molecular weight is 143 g/mol. The standard InChI is InChI=1S/BHO3.H2O.Zn/c2-1(3)4;;/h2H;1H2;/q-2;;+2. The molecule has 0 amide bonds. The Kier molecular flexibility index (Phi) is 24.3. The van der Waals surface area contributed by atoms with E-state index >= 15 is 0 Å². The predicted molar refractivity (Wildman–Crippen MR) is 11.6 cm³/mol. The van der Waals surface area contributed by atoms with Crippen molar-refractivity contribution in [2.24, 2.45) is 0 Å². The van der Waals surface area contributed by atoms with E-state index in [1.165, 1.54) is 0 Å². The first-order chi connectivity index (χ1) is 1.73. The summed E-state index contributed by atoms with van der Waals surface area (Å²) >= 11 is 0. The largest absolute Gasteiger partial charge is 2.00 e. The second-order valence-electron chi connectivity index (χ2n) is 0.307. The first kappa shape index (κ1) is 16.0. The molecule has 0 bridgehead atoms. The zero-order chi connectivity index (χ0) is 3.58. The van der Waals surface area contributed by atoms with Crippen LogP contribution in [0.5, 0.6) is 0 Å². The van der Waals surface area contributed by atoms with Crippen LogP contribution < -0.4 is 10.0 Å². The van der Waals surface area contributed by atoms with Gasteiger partial charge >= 0.3 is 19.5 Å². The van der Waals surface area contributed by atoms with Crippen molar-refractivity contribution in [2.45, 2.75) is 0 Å². The molecule has 6 heteroatoms. The van der Waals surface area contributed by atoms with Gasteiger partial charge in [-0.05, 0) is 0 Å². The molecule has 0 aliphatic heterocycles. The minimum absolute atomic E-state index is 0. The molecule has 32 valence electrons. The fourth-order valence-electron chi connectivity index (χ4n) is 0. The Labute approximate surface area is 48.0 Å². The van der Waals surface area contributed by atoms with Gasteiger partial charge in [0.15, 0.2) is 0 Å². The van der Waals surface area contributed by atoms with Crippen LogP contribution in [0.15, 0.2) is 0 Å². The van der Waals surface area contributed by atoms with Crippen molar-refractivity contribution >= 4 is 7.32 Å². The summed E-state index contributed by atoms with van der Waals surface area (Å²) in [5, 5.41) is 24.0. The van der Waals surface area contributed by atoms with Crippen molar-refractivity contribution in [1.29, 1.82) is 0 Å². The molecule has 6 heavy (non-hydrogen) atoms. The predicted octanol–water partition coefficient (Wildman–Crippen LogP) is -4.14. The van der Waals surface area contributed by atoms with Crippen LogP contribution in [0.1, 0.15) is 0 Å². The zero-order valence-electron chi connectivity index (χ0n) is 3.05. The third kappa shape index (κ3) is 202. The van der Waals surface area contributed by atoms with E-state index in [0.29, 0.717) is 0 Å². The molecule has 0 aliphatic carbocycles. The van der Waals surface area contributed by atoms with Crippen molar-refractivity contribution < 1.29 is 40.0 Å². The van der Waals surface area contributed by atoms with E-state index in [-0.39, 0.29) is 25.0 Å². The van der Waals surface area contributed by atoms with E-state index in [4.69, 9.17) is 15.1 Å². The fraction of sp³-hybridized carbons (Fsp3) is 0. The van der Waals surface area contributed by atoms with E-state index in [1.54, 1.807) is 0 Å². The summed E-state index contributed by atoms with van der Waals surface area (Å²) in [5.74, 6) is 0. The zero-order valence-corrected chi connectivity index (χ0v) is 6.02. The Morgan fingerprint density at radius 1 is 1.33 bits per heavy atom. The van der Waals surface area contributed by atoms with Crippen LogP contribution in [0.3, 0.4) is 0 Å². The van der Waals surface area contributed by atoms with E-state index in [2.05, 4.69) is 0 Å². The normalized spacial score (nSPS) is 4.50. The molecule has 0 radical (unpaired) electrons. The van der Waals surface area contributed by atoms with Gasteiger partial charge in [-0.15, -0.1) is 0 Å². The summed E-state index contributed by atoms with van der Waals surface area (Å²) in [6, 6.07) is 0. The SMILES string of the molecule is O.[O-]B([O-])O.[Zn+2]. The second kappa shape index (κ2) is 9.11. The van der Waals surface area contributed by atoms with E-state index in [1.807, 2.05) is 0 Å².